The highest BCUT2D eigenvalue weighted by Gasteiger charge is 2.33. The van der Waals surface area contributed by atoms with E-state index in [4.69, 9.17) is 5.73 Å². The molecule has 0 radical (unpaired) electrons. The van der Waals surface area contributed by atoms with Gasteiger partial charge in [-0.1, -0.05) is 6.07 Å². The van der Waals surface area contributed by atoms with E-state index in [0.29, 0.717) is 12.6 Å². The molecule has 20 heavy (non-hydrogen) atoms. The van der Waals surface area contributed by atoms with Crippen LogP contribution in [0.15, 0.2) is 30.6 Å². The molecule has 2 heterocycles. The predicted molar refractivity (Wildman–Crippen MR) is 79.1 cm³/mol. The Labute approximate surface area is 119 Å². The average Bonchev–Trinajstić information content (AvgIpc) is 3.21. The summed E-state index contributed by atoms with van der Waals surface area (Å²) in [5.41, 5.74) is 8.75. The first kappa shape index (κ1) is 13.2. The molecule has 0 bridgehead atoms. The molecule has 0 saturated heterocycles. The molecule has 3 rings (SSSR count). The predicted octanol–water partition coefficient (Wildman–Crippen LogP) is 1.98. The number of nitriles is 1. The third-order valence-electron chi connectivity index (χ3n) is 4.27. The van der Waals surface area contributed by atoms with Crippen molar-refractivity contribution in [3.8, 4) is 6.07 Å². The summed E-state index contributed by atoms with van der Waals surface area (Å²) in [5.74, 6) is 0.743. The van der Waals surface area contributed by atoms with Gasteiger partial charge in [0.05, 0.1) is 11.1 Å². The SMILES string of the molecule is CN(Cc1cn2ccccc2c1C#N)C(CN)C1CC1. The molecule has 4 nitrogen and oxygen atoms in total. The lowest BCUT2D eigenvalue weighted by Crippen LogP contribution is -2.39. The second-order valence-corrected chi connectivity index (χ2v) is 5.69. The number of pyridine rings is 1. The van der Waals surface area contributed by atoms with Crippen LogP contribution in [-0.2, 0) is 6.54 Å². The average molecular weight is 268 g/mol. The van der Waals surface area contributed by atoms with Crippen LogP contribution in [0.5, 0.6) is 0 Å². The summed E-state index contributed by atoms with van der Waals surface area (Å²) in [5, 5.41) is 9.43. The Balaban J connectivity index is 1.88. The van der Waals surface area contributed by atoms with Gasteiger partial charge in [-0.25, -0.2) is 0 Å². The quantitative estimate of drug-likeness (QED) is 0.902. The minimum Gasteiger partial charge on any atom is -0.329 e. The maximum absolute atomic E-state index is 9.43. The Hall–Kier alpha value is -1.83. The van der Waals surface area contributed by atoms with Crippen molar-refractivity contribution >= 4 is 5.52 Å². The van der Waals surface area contributed by atoms with Crippen molar-refractivity contribution in [3.05, 3.63) is 41.7 Å². The molecule has 1 saturated carbocycles. The summed E-state index contributed by atoms with van der Waals surface area (Å²) in [4.78, 5) is 2.30. The number of hydrogen-bond acceptors (Lipinski definition) is 3. The van der Waals surface area contributed by atoms with Crippen LogP contribution < -0.4 is 5.73 Å². The van der Waals surface area contributed by atoms with Crippen molar-refractivity contribution in [2.45, 2.75) is 25.4 Å². The summed E-state index contributed by atoms with van der Waals surface area (Å²) in [6.07, 6.45) is 6.62. The molecule has 104 valence electrons. The van der Waals surface area contributed by atoms with Gasteiger partial charge in [0.25, 0.3) is 0 Å². The fourth-order valence-electron chi connectivity index (χ4n) is 3.03. The molecule has 0 amide bonds. The van der Waals surface area contributed by atoms with E-state index >= 15 is 0 Å². The standard InChI is InChI=1S/C16H20N4/c1-19(16(9-18)12-5-6-12)10-13-11-20-7-3-2-4-15(20)14(13)8-17/h2-4,7,11-12,16H,5-6,9-10,18H2,1H3. The van der Waals surface area contributed by atoms with E-state index < -0.39 is 0 Å². The monoisotopic (exact) mass is 268 g/mol. The van der Waals surface area contributed by atoms with Crippen molar-refractivity contribution in [1.82, 2.24) is 9.30 Å². The van der Waals surface area contributed by atoms with E-state index in [1.54, 1.807) is 0 Å². The Morgan fingerprint density at radius 1 is 1.50 bits per heavy atom. The van der Waals surface area contributed by atoms with Crippen LogP contribution >= 0.6 is 0 Å². The van der Waals surface area contributed by atoms with E-state index in [1.807, 2.05) is 28.8 Å². The van der Waals surface area contributed by atoms with E-state index in [9.17, 15) is 5.26 Å². The minimum absolute atomic E-state index is 0.435. The van der Waals surface area contributed by atoms with Gasteiger partial charge in [0.2, 0.25) is 0 Å². The number of nitrogens with two attached hydrogens (primary N) is 1. The first-order valence-corrected chi connectivity index (χ1v) is 7.13. The van der Waals surface area contributed by atoms with Gasteiger partial charge < -0.3 is 10.1 Å². The van der Waals surface area contributed by atoms with Crippen LogP contribution in [0.2, 0.25) is 0 Å². The normalized spacial score (nSPS) is 16.5. The van der Waals surface area contributed by atoms with E-state index in [2.05, 4.69) is 24.2 Å². The highest BCUT2D eigenvalue weighted by molar-refractivity contribution is 5.65. The molecule has 1 aliphatic carbocycles. The first-order chi connectivity index (χ1) is 9.74. The van der Waals surface area contributed by atoms with Crippen molar-refractivity contribution in [2.24, 2.45) is 11.7 Å². The summed E-state index contributed by atoms with van der Waals surface area (Å²) in [6, 6.07) is 8.72. The molecular weight excluding hydrogens is 248 g/mol. The van der Waals surface area contributed by atoms with Gasteiger partial charge >= 0.3 is 0 Å². The van der Waals surface area contributed by atoms with Gasteiger partial charge in [0, 0.05) is 37.1 Å². The topological polar surface area (TPSA) is 57.5 Å². The number of hydrogen-bond donors (Lipinski definition) is 1. The van der Waals surface area contributed by atoms with Crippen LogP contribution in [-0.4, -0.2) is 28.9 Å². The van der Waals surface area contributed by atoms with E-state index in [0.717, 1.165) is 29.1 Å². The third-order valence-corrected chi connectivity index (χ3v) is 4.27. The summed E-state index contributed by atoms with van der Waals surface area (Å²) >= 11 is 0. The molecule has 1 fully saturated rings. The van der Waals surface area contributed by atoms with E-state index in [1.165, 1.54) is 12.8 Å². The second kappa shape index (κ2) is 5.28. The Morgan fingerprint density at radius 2 is 2.30 bits per heavy atom. The largest absolute Gasteiger partial charge is 0.329 e. The third kappa shape index (κ3) is 2.31. The van der Waals surface area contributed by atoms with Gasteiger partial charge in [-0.2, -0.15) is 5.26 Å². The van der Waals surface area contributed by atoms with Crippen LogP contribution in [0, 0.1) is 17.2 Å². The lowest BCUT2D eigenvalue weighted by molar-refractivity contribution is 0.215. The summed E-state index contributed by atoms with van der Waals surface area (Å²) in [7, 11) is 2.11. The van der Waals surface area contributed by atoms with Crippen molar-refractivity contribution < 1.29 is 0 Å². The van der Waals surface area contributed by atoms with Gasteiger partial charge in [0.15, 0.2) is 0 Å². The lowest BCUT2D eigenvalue weighted by Gasteiger charge is -2.26. The molecule has 4 heteroatoms. The van der Waals surface area contributed by atoms with Crippen molar-refractivity contribution in [2.75, 3.05) is 13.6 Å². The van der Waals surface area contributed by atoms with Crippen LogP contribution in [0.1, 0.15) is 24.0 Å². The number of fused-ring (bicyclic) bond motifs is 1. The maximum atomic E-state index is 9.43. The smallest absolute Gasteiger partial charge is 0.102 e. The minimum atomic E-state index is 0.435. The van der Waals surface area contributed by atoms with Crippen LogP contribution in [0.25, 0.3) is 5.52 Å². The molecule has 2 aromatic heterocycles. The Kier molecular flexibility index (Phi) is 3.47. The van der Waals surface area contributed by atoms with Gasteiger partial charge in [-0.15, -0.1) is 0 Å². The van der Waals surface area contributed by atoms with E-state index in [-0.39, 0.29) is 0 Å². The van der Waals surface area contributed by atoms with Crippen LogP contribution in [0.4, 0.5) is 0 Å². The molecule has 2 aromatic rings. The number of aromatic nitrogens is 1. The maximum Gasteiger partial charge on any atom is 0.102 e. The molecule has 1 unspecified atom stereocenters. The first-order valence-electron chi connectivity index (χ1n) is 7.13. The fourth-order valence-corrected chi connectivity index (χ4v) is 3.03. The molecular formula is C16H20N4. The molecule has 2 N–H and O–H groups in total. The van der Waals surface area contributed by atoms with Crippen LogP contribution in [0.3, 0.4) is 0 Å². The number of likely N-dealkylation sites (N-methyl/N-ethyl adjacent to an activating group) is 1. The highest BCUT2D eigenvalue weighted by atomic mass is 15.1. The summed E-state index contributed by atoms with van der Waals surface area (Å²) < 4.78 is 2.02. The number of rotatable bonds is 5. The Morgan fingerprint density at radius 3 is 2.95 bits per heavy atom. The van der Waals surface area contributed by atoms with Gasteiger partial charge in [0.1, 0.15) is 6.07 Å². The Bertz CT molecular complexity index is 648. The zero-order valence-electron chi connectivity index (χ0n) is 11.8. The summed E-state index contributed by atoms with van der Waals surface area (Å²) in [6.45, 7) is 1.47. The lowest BCUT2D eigenvalue weighted by atomic mass is 10.1. The molecule has 1 aliphatic rings. The molecule has 0 aromatic carbocycles. The second-order valence-electron chi connectivity index (χ2n) is 5.69. The molecule has 0 aliphatic heterocycles. The zero-order chi connectivity index (χ0) is 14.1. The highest BCUT2D eigenvalue weighted by Crippen LogP contribution is 2.35. The zero-order valence-corrected chi connectivity index (χ0v) is 11.8. The molecule has 1 atom stereocenters. The van der Waals surface area contributed by atoms with Gasteiger partial charge in [-0.3, -0.25) is 4.90 Å². The number of nitrogens with zero attached hydrogens (tertiary/aromatic N) is 3. The van der Waals surface area contributed by atoms with Crippen molar-refractivity contribution in [1.29, 1.82) is 5.26 Å². The fraction of sp³-hybridized carbons (Fsp3) is 0.438. The van der Waals surface area contributed by atoms with Gasteiger partial charge in [-0.05, 0) is 37.9 Å². The van der Waals surface area contributed by atoms with Crippen molar-refractivity contribution in [3.63, 3.8) is 0 Å². The molecule has 0 spiro atoms.